The van der Waals surface area contributed by atoms with Crippen LogP contribution in [-0.2, 0) is 17.9 Å². The van der Waals surface area contributed by atoms with Gasteiger partial charge in [-0.05, 0) is 42.2 Å². The Balaban J connectivity index is 0.00000289. The molecule has 2 fully saturated rings. The van der Waals surface area contributed by atoms with E-state index < -0.39 is 0 Å². The molecular formula is C23H30ClIN6O. The summed E-state index contributed by atoms with van der Waals surface area (Å²) in [7, 11) is 1.75. The number of nitrogens with zero attached hydrogens (tertiary/aromatic N) is 5. The molecule has 0 radical (unpaired) electrons. The zero-order valence-corrected chi connectivity index (χ0v) is 21.4. The van der Waals surface area contributed by atoms with Gasteiger partial charge in [0.15, 0.2) is 5.96 Å². The number of hydrogen-bond acceptors (Lipinski definition) is 4. The second kappa shape index (κ2) is 11.7. The highest BCUT2D eigenvalue weighted by Crippen LogP contribution is 2.18. The van der Waals surface area contributed by atoms with Gasteiger partial charge in [0, 0.05) is 57.5 Å². The topological polar surface area (TPSA) is 64.1 Å². The van der Waals surface area contributed by atoms with Crippen LogP contribution in [0.1, 0.15) is 24.0 Å². The first-order valence-corrected chi connectivity index (χ1v) is 11.2. The number of aromatic nitrogens is 1. The maximum absolute atomic E-state index is 12.7. The SMILES string of the molecule is CN=C(NCc1ccc(N2CCCC2)nc1)N1CCN(Cc2ccc(Cl)cc2)C(=O)C1.I. The average Bonchev–Trinajstić information content (AvgIpc) is 3.33. The molecule has 0 unspecified atom stereocenters. The second-order valence-electron chi connectivity index (χ2n) is 7.98. The lowest BCUT2D eigenvalue weighted by Crippen LogP contribution is -2.54. The van der Waals surface area contributed by atoms with Gasteiger partial charge in [0.1, 0.15) is 5.82 Å². The molecule has 1 N–H and O–H groups in total. The Morgan fingerprint density at radius 1 is 1.06 bits per heavy atom. The van der Waals surface area contributed by atoms with Crippen molar-refractivity contribution in [1.29, 1.82) is 0 Å². The van der Waals surface area contributed by atoms with Crippen LogP contribution in [0.3, 0.4) is 0 Å². The van der Waals surface area contributed by atoms with Crippen LogP contribution in [-0.4, -0.2) is 66.4 Å². The molecule has 2 aromatic rings. The van der Waals surface area contributed by atoms with Gasteiger partial charge in [-0.15, -0.1) is 24.0 Å². The molecule has 2 aliphatic rings. The number of carbonyl (C=O) groups excluding carboxylic acids is 1. The van der Waals surface area contributed by atoms with Gasteiger partial charge in [-0.25, -0.2) is 4.98 Å². The molecule has 32 heavy (non-hydrogen) atoms. The van der Waals surface area contributed by atoms with E-state index in [4.69, 9.17) is 11.6 Å². The van der Waals surface area contributed by atoms with E-state index in [-0.39, 0.29) is 29.9 Å². The molecule has 172 valence electrons. The smallest absolute Gasteiger partial charge is 0.242 e. The summed E-state index contributed by atoms with van der Waals surface area (Å²) in [5.74, 6) is 1.89. The summed E-state index contributed by atoms with van der Waals surface area (Å²) in [6, 6.07) is 11.8. The number of rotatable bonds is 5. The first kappa shape index (κ1) is 24.6. The summed E-state index contributed by atoms with van der Waals surface area (Å²) in [5.41, 5.74) is 2.18. The van der Waals surface area contributed by atoms with E-state index in [0.717, 1.165) is 42.5 Å². The van der Waals surface area contributed by atoms with Crippen LogP contribution in [0.2, 0.25) is 5.02 Å². The number of hydrogen-bond donors (Lipinski definition) is 1. The fraction of sp³-hybridized carbons (Fsp3) is 0.435. The molecule has 7 nitrogen and oxygen atoms in total. The molecular weight excluding hydrogens is 539 g/mol. The Morgan fingerprint density at radius 3 is 2.41 bits per heavy atom. The molecule has 1 aromatic carbocycles. The van der Waals surface area contributed by atoms with E-state index in [0.29, 0.717) is 31.2 Å². The van der Waals surface area contributed by atoms with Gasteiger partial charge in [-0.1, -0.05) is 29.8 Å². The molecule has 0 spiro atoms. The molecule has 0 aliphatic carbocycles. The lowest BCUT2D eigenvalue weighted by molar-refractivity contribution is -0.135. The summed E-state index contributed by atoms with van der Waals surface area (Å²) in [4.78, 5) is 27.9. The standard InChI is InChI=1S/C23H29ClN6O.HI/c1-25-23(27-15-19-6-9-21(26-14-19)28-10-2-3-11-28)30-13-12-29(22(31)17-30)16-18-4-7-20(24)8-5-18;/h4-9,14H,2-3,10-13,15-17H2,1H3,(H,25,27);1H. The summed E-state index contributed by atoms with van der Waals surface area (Å²) < 4.78 is 0. The quantitative estimate of drug-likeness (QED) is 0.341. The zero-order valence-electron chi connectivity index (χ0n) is 18.3. The number of benzene rings is 1. The Morgan fingerprint density at radius 2 is 1.78 bits per heavy atom. The number of piperazine rings is 1. The monoisotopic (exact) mass is 568 g/mol. The van der Waals surface area contributed by atoms with Crippen LogP contribution in [0.15, 0.2) is 47.6 Å². The molecule has 1 amide bonds. The third-order valence-electron chi connectivity index (χ3n) is 5.81. The normalized spacial score (nSPS) is 16.9. The van der Waals surface area contributed by atoms with Crippen molar-refractivity contribution in [2.24, 2.45) is 4.99 Å². The van der Waals surface area contributed by atoms with Gasteiger partial charge >= 0.3 is 0 Å². The lowest BCUT2D eigenvalue weighted by atomic mass is 10.2. The highest BCUT2D eigenvalue weighted by molar-refractivity contribution is 14.0. The van der Waals surface area contributed by atoms with Crippen LogP contribution in [0.4, 0.5) is 5.82 Å². The van der Waals surface area contributed by atoms with Gasteiger partial charge in [0.25, 0.3) is 0 Å². The Labute approximate surface area is 211 Å². The van der Waals surface area contributed by atoms with E-state index in [9.17, 15) is 4.79 Å². The number of nitrogens with one attached hydrogen (secondary N) is 1. The second-order valence-corrected chi connectivity index (χ2v) is 8.42. The predicted molar refractivity (Wildman–Crippen MR) is 140 cm³/mol. The highest BCUT2D eigenvalue weighted by Gasteiger charge is 2.26. The number of carbonyl (C=O) groups is 1. The van der Waals surface area contributed by atoms with Crippen LogP contribution >= 0.6 is 35.6 Å². The number of aliphatic imine (C=N–C) groups is 1. The van der Waals surface area contributed by atoms with Crippen LogP contribution < -0.4 is 10.2 Å². The predicted octanol–water partition coefficient (Wildman–Crippen LogP) is 3.37. The average molecular weight is 569 g/mol. The van der Waals surface area contributed by atoms with Crippen molar-refractivity contribution in [3.63, 3.8) is 0 Å². The van der Waals surface area contributed by atoms with Gasteiger partial charge in [0.2, 0.25) is 5.91 Å². The minimum Gasteiger partial charge on any atom is -0.357 e. The molecule has 0 saturated carbocycles. The minimum absolute atomic E-state index is 0. The lowest BCUT2D eigenvalue weighted by Gasteiger charge is -2.36. The van der Waals surface area contributed by atoms with Crippen molar-refractivity contribution in [3.05, 3.63) is 58.7 Å². The number of guanidine groups is 1. The minimum atomic E-state index is 0. The zero-order chi connectivity index (χ0) is 21.6. The Bertz CT molecular complexity index is 915. The van der Waals surface area contributed by atoms with Gasteiger partial charge in [0.05, 0.1) is 6.54 Å². The first-order valence-electron chi connectivity index (χ1n) is 10.8. The molecule has 9 heteroatoms. The van der Waals surface area contributed by atoms with E-state index >= 15 is 0 Å². The number of pyridine rings is 1. The third-order valence-corrected chi connectivity index (χ3v) is 6.06. The van der Waals surface area contributed by atoms with E-state index in [2.05, 4.69) is 32.3 Å². The Kier molecular flexibility index (Phi) is 8.98. The van der Waals surface area contributed by atoms with Crippen molar-refractivity contribution >= 4 is 53.3 Å². The molecule has 0 atom stereocenters. The third kappa shape index (κ3) is 6.25. The fourth-order valence-electron chi connectivity index (χ4n) is 4.03. The number of amides is 1. The van der Waals surface area contributed by atoms with Crippen molar-refractivity contribution in [3.8, 4) is 0 Å². The Hall–Kier alpha value is -2.07. The molecule has 2 aliphatic heterocycles. The molecule has 3 heterocycles. The molecule has 2 saturated heterocycles. The fourth-order valence-corrected chi connectivity index (χ4v) is 4.16. The van der Waals surface area contributed by atoms with Gasteiger partial charge in [-0.2, -0.15) is 0 Å². The first-order chi connectivity index (χ1) is 15.1. The van der Waals surface area contributed by atoms with Crippen molar-refractivity contribution in [2.75, 3.05) is 44.7 Å². The van der Waals surface area contributed by atoms with E-state index in [1.165, 1.54) is 12.8 Å². The van der Waals surface area contributed by atoms with Crippen LogP contribution in [0.5, 0.6) is 0 Å². The van der Waals surface area contributed by atoms with Crippen LogP contribution in [0.25, 0.3) is 0 Å². The molecule has 0 bridgehead atoms. The van der Waals surface area contributed by atoms with E-state index in [1.54, 1.807) is 7.05 Å². The van der Waals surface area contributed by atoms with Gasteiger partial charge in [-0.3, -0.25) is 9.79 Å². The maximum Gasteiger partial charge on any atom is 0.242 e. The molecule has 4 rings (SSSR count). The highest BCUT2D eigenvalue weighted by atomic mass is 127. The summed E-state index contributed by atoms with van der Waals surface area (Å²) in [6.07, 6.45) is 4.41. The number of halogens is 2. The largest absolute Gasteiger partial charge is 0.357 e. The van der Waals surface area contributed by atoms with Crippen molar-refractivity contribution in [1.82, 2.24) is 20.1 Å². The van der Waals surface area contributed by atoms with Crippen LogP contribution in [0, 0.1) is 0 Å². The molecule has 1 aromatic heterocycles. The maximum atomic E-state index is 12.7. The van der Waals surface area contributed by atoms with E-state index in [1.807, 2.05) is 40.3 Å². The summed E-state index contributed by atoms with van der Waals surface area (Å²) >= 11 is 5.95. The number of anilines is 1. The van der Waals surface area contributed by atoms with Crippen molar-refractivity contribution < 1.29 is 4.79 Å². The van der Waals surface area contributed by atoms with Crippen molar-refractivity contribution in [2.45, 2.75) is 25.9 Å². The summed E-state index contributed by atoms with van der Waals surface area (Å²) in [5, 5.41) is 4.08. The van der Waals surface area contributed by atoms with Gasteiger partial charge < -0.3 is 20.0 Å². The summed E-state index contributed by atoms with van der Waals surface area (Å²) in [6.45, 7) is 5.13.